The summed E-state index contributed by atoms with van der Waals surface area (Å²) in [6, 6.07) is 7.42. The van der Waals surface area contributed by atoms with Gasteiger partial charge in [0.05, 0.1) is 0 Å². The lowest BCUT2D eigenvalue weighted by atomic mass is 10.0. The molecule has 1 N–H and O–H groups in total. The summed E-state index contributed by atoms with van der Waals surface area (Å²) in [5.74, 6) is -0.785. The minimum atomic E-state index is -1.28. The third kappa shape index (κ3) is 3.97. The smallest absolute Gasteiger partial charge is 0.329 e. The number of nitrogens with zero attached hydrogens (tertiary/aromatic N) is 1. The van der Waals surface area contributed by atoms with Crippen molar-refractivity contribution in [1.29, 1.82) is 0 Å². The van der Waals surface area contributed by atoms with Crippen LogP contribution in [0.2, 0.25) is 0 Å². The van der Waals surface area contributed by atoms with Gasteiger partial charge in [-0.2, -0.15) is 0 Å². The van der Waals surface area contributed by atoms with Gasteiger partial charge in [-0.25, -0.2) is 4.79 Å². The number of hydrogen-bond donors (Lipinski definition) is 1. The minimum absolute atomic E-state index is 0.341. The van der Waals surface area contributed by atoms with E-state index in [0.29, 0.717) is 12.2 Å². The lowest BCUT2D eigenvalue weighted by Crippen LogP contribution is -2.54. The number of carboxylic acid groups (broad SMARTS) is 1. The quantitative estimate of drug-likeness (QED) is 0.875. The predicted octanol–water partition coefficient (Wildman–Crippen LogP) is 2.47. The molecule has 0 aliphatic rings. The van der Waals surface area contributed by atoms with Crippen LogP contribution in [0.1, 0.15) is 32.8 Å². The lowest BCUT2D eigenvalue weighted by molar-refractivity contribution is -0.158. The van der Waals surface area contributed by atoms with E-state index < -0.39 is 17.6 Å². The second-order valence-corrected chi connectivity index (χ2v) is 5.59. The highest BCUT2D eigenvalue weighted by Gasteiger charge is 2.38. The second-order valence-electron chi connectivity index (χ2n) is 5.59. The number of likely N-dealkylation sites (N-methyl/N-ethyl adjacent to an activating group) is 1. The fourth-order valence-corrected chi connectivity index (χ4v) is 1.80. The van der Waals surface area contributed by atoms with Crippen molar-refractivity contribution in [2.24, 2.45) is 0 Å². The first-order valence-corrected chi connectivity index (χ1v) is 6.94. The molecule has 1 unspecified atom stereocenters. The summed E-state index contributed by atoms with van der Waals surface area (Å²) in [6.07, 6.45) is -0.234. The minimum Gasteiger partial charge on any atom is -0.481 e. The number of rotatable bonds is 6. The predicted molar refractivity (Wildman–Crippen MR) is 80.4 cm³/mol. The molecule has 116 valence electrons. The van der Waals surface area contributed by atoms with Crippen molar-refractivity contribution in [1.82, 2.24) is 4.90 Å². The number of carboxylic acids is 1. The Labute approximate surface area is 125 Å². The molecule has 0 bridgehead atoms. The van der Waals surface area contributed by atoms with E-state index >= 15 is 0 Å². The van der Waals surface area contributed by atoms with Gasteiger partial charge in [-0.15, -0.1) is 0 Å². The summed E-state index contributed by atoms with van der Waals surface area (Å²) in [7, 11) is 1.48. The van der Waals surface area contributed by atoms with E-state index in [1.54, 1.807) is 6.07 Å². The Balaban J connectivity index is 2.89. The van der Waals surface area contributed by atoms with Crippen LogP contribution in [0.3, 0.4) is 0 Å². The topological polar surface area (TPSA) is 66.8 Å². The number of benzene rings is 1. The van der Waals surface area contributed by atoms with E-state index in [1.165, 1.54) is 25.8 Å². The van der Waals surface area contributed by atoms with Gasteiger partial charge in [-0.3, -0.25) is 4.79 Å². The monoisotopic (exact) mass is 293 g/mol. The van der Waals surface area contributed by atoms with Crippen molar-refractivity contribution in [3.63, 3.8) is 0 Å². The van der Waals surface area contributed by atoms with Crippen LogP contribution < -0.4 is 4.74 Å². The molecule has 0 aromatic heterocycles. The van der Waals surface area contributed by atoms with Crippen LogP contribution in [0.25, 0.3) is 0 Å². The van der Waals surface area contributed by atoms with Crippen molar-refractivity contribution in [3.8, 4) is 5.75 Å². The zero-order valence-electron chi connectivity index (χ0n) is 13.2. The molecule has 5 nitrogen and oxygen atoms in total. The molecular weight excluding hydrogens is 270 g/mol. The van der Waals surface area contributed by atoms with Gasteiger partial charge in [-0.05, 0) is 44.9 Å². The van der Waals surface area contributed by atoms with Crippen molar-refractivity contribution >= 4 is 11.9 Å². The average Bonchev–Trinajstić information content (AvgIpc) is 2.43. The Hall–Kier alpha value is -2.04. The first-order valence-electron chi connectivity index (χ1n) is 6.94. The molecule has 0 aliphatic carbocycles. The Morgan fingerprint density at radius 1 is 1.38 bits per heavy atom. The van der Waals surface area contributed by atoms with Crippen LogP contribution >= 0.6 is 0 Å². The summed E-state index contributed by atoms with van der Waals surface area (Å²) in [5.41, 5.74) is -0.241. The van der Waals surface area contributed by atoms with Crippen LogP contribution in [-0.2, 0) is 9.59 Å². The first-order chi connectivity index (χ1) is 9.70. The Morgan fingerprint density at radius 3 is 2.48 bits per heavy atom. The van der Waals surface area contributed by atoms with Gasteiger partial charge in [0.1, 0.15) is 11.3 Å². The highest BCUT2D eigenvalue weighted by atomic mass is 16.5. The number of carbonyl (C=O) groups is 2. The van der Waals surface area contributed by atoms with Crippen molar-refractivity contribution in [3.05, 3.63) is 29.8 Å². The van der Waals surface area contributed by atoms with E-state index in [9.17, 15) is 14.7 Å². The average molecular weight is 293 g/mol. The molecule has 1 atom stereocenters. The molecule has 0 spiro atoms. The highest BCUT2D eigenvalue weighted by molar-refractivity contribution is 5.88. The molecular formula is C16H23NO4. The van der Waals surface area contributed by atoms with Crippen molar-refractivity contribution in [2.45, 2.75) is 45.8 Å². The van der Waals surface area contributed by atoms with Crippen LogP contribution in [-0.4, -0.2) is 40.6 Å². The van der Waals surface area contributed by atoms with Gasteiger partial charge >= 0.3 is 5.97 Å². The van der Waals surface area contributed by atoms with Crippen molar-refractivity contribution < 1.29 is 19.4 Å². The maximum atomic E-state index is 12.5. The third-order valence-corrected chi connectivity index (χ3v) is 3.61. The zero-order chi connectivity index (χ0) is 16.2. The van der Waals surface area contributed by atoms with Crippen LogP contribution in [0.4, 0.5) is 0 Å². The zero-order valence-corrected chi connectivity index (χ0v) is 13.2. The number of aryl methyl sites for hydroxylation is 1. The fourth-order valence-electron chi connectivity index (χ4n) is 1.80. The Morgan fingerprint density at radius 2 is 2.00 bits per heavy atom. The maximum absolute atomic E-state index is 12.5. The van der Waals surface area contributed by atoms with Crippen molar-refractivity contribution in [2.75, 3.05) is 7.05 Å². The molecule has 5 heteroatoms. The summed E-state index contributed by atoms with van der Waals surface area (Å²) in [5, 5.41) is 9.21. The molecule has 0 saturated carbocycles. The normalized spacial score (nSPS) is 12.6. The van der Waals surface area contributed by atoms with Crippen LogP contribution in [0.15, 0.2) is 24.3 Å². The molecule has 0 aliphatic heterocycles. The number of ether oxygens (including phenoxy) is 1. The molecule has 1 rings (SSSR count). The molecule has 21 heavy (non-hydrogen) atoms. The van der Waals surface area contributed by atoms with Gasteiger partial charge in [0.15, 0.2) is 6.10 Å². The standard InChI is InChI=1S/C16H23NO4/c1-6-13(21-12-9-7-8-11(2)10-12)14(18)17(5)16(3,4)15(19)20/h7-10,13H,6H2,1-5H3,(H,19,20). The Bertz CT molecular complexity index is 525. The highest BCUT2D eigenvalue weighted by Crippen LogP contribution is 2.19. The number of amides is 1. The van der Waals surface area contributed by atoms with E-state index in [-0.39, 0.29) is 5.91 Å². The fraction of sp³-hybridized carbons (Fsp3) is 0.500. The molecule has 0 fully saturated rings. The lowest BCUT2D eigenvalue weighted by Gasteiger charge is -2.34. The van der Waals surface area contributed by atoms with E-state index in [2.05, 4.69) is 0 Å². The molecule has 0 heterocycles. The third-order valence-electron chi connectivity index (χ3n) is 3.61. The summed E-state index contributed by atoms with van der Waals surface area (Å²) in [4.78, 5) is 24.9. The Kier molecular flexibility index (Phi) is 5.35. The number of hydrogen-bond acceptors (Lipinski definition) is 3. The van der Waals surface area contributed by atoms with Crippen LogP contribution in [0, 0.1) is 6.92 Å². The molecule has 0 radical (unpaired) electrons. The largest absolute Gasteiger partial charge is 0.481 e. The maximum Gasteiger partial charge on any atom is 0.329 e. The van der Waals surface area contributed by atoms with Gasteiger partial charge in [0.2, 0.25) is 0 Å². The SMILES string of the molecule is CCC(Oc1cccc(C)c1)C(=O)N(C)C(C)(C)C(=O)O. The van der Waals surface area contributed by atoms with Gasteiger partial charge in [-0.1, -0.05) is 19.1 Å². The van der Waals surface area contributed by atoms with E-state index in [0.717, 1.165) is 5.56 Å². The van der Waals surface area contributed by atoms with Crippen LogP contribution in [0.5, 0.6) is 5.75 Å². The summed E-state index contributed by atoms with van der Waals surface area (Å²) in [6.45, 7) is 6.76. The number of aliphatic carboxylic acids is 1. The van der Waals surface area contributed by atoms with Gasteiger partial charge in [0.25, 0.3) is 5.91 Å². The van der Waals surface area contributed by atoms with Gasteiger partial charge in [0, 0.05) is 7.05 Å². The van der Waals surface area contributed by atoms with E-state index in [1.807, 2.05) is 32.0 Å². The first kappa shape index (κ1) is 17.0. The molecule has 1 aromatic carbocycles. The summed E-state index contributed by atoms with van der Waals surface area (Å²) >= 11 is 0. The van der Waals surface area contributed by atoms with E-state index in [4.69, 9.17) is 4.74 Å². The molecule has 1 aromatic rings. The summed E-state index contributed by atoms with van der Waals surface area (Å²) < 4.78 is 5.72. The number of carbonyl (C=O) groups excluding carboxylic acids is 1. The second kappa shape index (κ2) is 6.61. The van der Waals surface area contributed by atoms with Gasteiger partial charge < -0.3 is 14.7 Å². The molecule has 1 amide bonds. The molecule has 0 saturated heterocycles.